The lowest BCUT2D eigenvalue weighted by Crippen LogP contribution is -2.48. The number of ether oxygens (including phenoxy) is 4. The lowest BCUT2D eigenvalue weighted by molar-refractivity contribution is -0.157. The average molecular weight is 493 g/mol. The number of nitrogens with one attached hydrogen (secondary N) is 1. The van der Waals surface area contributed by atoms with Gasteiger partial charge in [0.1, 0.15) is 11.5 Å². The lowest BCUT2D eigenvalue weighted by Gasteiger charge is -2.23. The summed E-state index contributed by atoms with van der Waals surface area (Å²) in [5.41, 5.74) is 0.283. The number of para-hydroxylation sites is 1. The fraction of sp³-hybridized carbons (Fsp3) is 0.154. The van der Waals surface area contributed by atoms with Crippen LogP contribution in [0.15, 0.2) is 78.9 Å². The second-order valence-corrected chi connectivity index (χ2v) is 7.31. The van der Waals surface area contributed by atoms with E-state index in [1.807, 2.05) is 0 Å². The van der Waals surface area contributed by atoms with E-state index in [0.717, 1.165) is 0 Å². The topological polar surface area (TPSA) is 137 Å². The summed E-state index contributed by atoms with van der Waals surface area (Å²) in [6.45, 7) is 0. The molecule has 0 aliphatic heterocycles. The van der Waals surface area contributed by atoms with Crippen LogP contribution in [-0.2, 0) is 19.1 Å². The van der Waals surface area contributed by atoms with E-state index in [0.29, 0.717) is 17.2 Å². The molecule has 3 rings (SSSR count). The Bertz CT molecular complexity index is 1240. The Morgan fingerprint density at radius 1 is 0.694 bits per heavy atom. The molecule has 0 unspecified atom stereocenters. The third-order valence-corrected chi connectivity index (χ3v) is 4.90. The van der Waals surface area contributed by atoms with E-state index in [9.17, 15) is 24.3 Å². The Labute approximate surface area is 206 Å². The average Bonchev–Trinajstić information content (AvgIpc) is 2.90. The molecule has 0 aliphatic carbocycles. The monoisotopic (exact) mass is 493 g/mol. The molecule has 0 aliphatic rings. The number of hydrogen-bond acceptors (Lipinski definition) is 8. The minimum Gasteiger partial charge on any atom is -0.497 e. The molecule has 0 aromatic heterocycles. The number of aliphatic carboxylic acids is 1. The van der Waals surface area contributed by atoms with Crippen molar-refractivity contribution in [2.45, 2.75) is 12.2 Å². The molecule has 0 saturated heterocycles. The van der Waals surface area contributed by atoms with Gasteiger partial charge in [-0.05, 0) is 48.5 Å². The van der Waals surface area contributed by atoms with Crippen LogP contribution < -0.4 is 14.8 Å². The lowest BCUT2D eigenvalue weighted by atomic mass is 10.1. The van der Waals surface area contributed by atoms with Crippen molar-refractivity contribution in [2.24, 2.45) is 0 Å². The van der Waals surface area contributed by atoms with Gasteiger partial charge in [-0.2, -0.15) is 0 Å². The second kappa shape index (κ2) is 12.0. The van der Waals surface area contributed by atoms with Gasteiger partial charge >= 0.3 is 17.9 Å². The first-order chi connectivity index (χ1) is 17.3. The molecular formula is C26H23NO9. The van der Waals surface area contributed by atoms with Gasteiger partial charge in [0.15, 0.2) is 0 Å². The van der Waals surface area contributed by atoms with Crippen LogP contribution in [0.3, 0.4) is 0 Å². The minimum absolute atomic E-state index is 0.00452. The number of hydrogen-bond donors (Lipinski definition) is 2. The summed E-state index contributed by atoms with van der Waals surface area (Å²) in [7, 11) is 2.80. The maximum Gasteiger partial charge on any atom is 0.349 e. The molecule has 10 heteroatoms. The second-order valence-electron chi connectivity index (χ2n) is 7.31. The predicted octanol–water partition coefficient (Wildman–Crippen LogP) is 3.18. The van der Waals surface area contributed by atoms with Crippen LogP contribution in [0.4, 0.5) is 5.69 Å². The van der Waals surface area contributed by atoms with E-state index in [2.05, 4.69) is 5.32 Å². The van der Waals surface area contributed by atoms with Crippen LogP contribution in [0, 0.1) is 0 Å². The van der Waals surface area contributed by atoms with Crippen LogP contribution in [-0.4, -0.2) is 55.3 Å². The van der Waals surface area contributed by atoms with Gasteiger partial charge in [-0.15, -0.1) is 0 Å². The number of rotatable bonds is 10. The Kier molecular flexibility index (Phi) is 8.60. The van der Waals surface area contributed by atoms with Crippen LogP contribution >= 0.6 is 0 Å². The zero-order valence-electron chi connectivity index (χ0n) is 19.4. The molecule has 10 nitrogen and oxygen atoms in total. The van der Waals surface area contributed by atoms with E-state index in [1.54, 1.807) is 42.5 Å². The summed E-state index contributed by atoms with van der Waals surface area (Å²) in [6, 6.07) is 19.8. The van der Waals surface area contributed by atoms with Gasteiger partial charge in [-0.25, -0.2) is 14.4 Å². The molecule has 1 amide bonds. The summed E-state index contributed by atoms with van der Waals surface area (Å²) >= 11 is 0. The van der Waals surface area contributed by atoms with Crippen LogP contribution in [0.1, 0.15) is 20.7 Å². The Morgan fingerprint density at radius 2 is 1.19 bits per heavy atom. The molecule has 0 fully saturated rings. The zero-order valence-corrected chi connectivity index (χ0v) is 19.4. The van der Waals surface area contributed by atoms with Crippen molar-refractivity contribution in [3.8, 4) is 11.5 Å². The first-order valence-electron chi connectivity index (χ1n) is 10.6. The normalized spacial score (nSPS) is 11.9. The van der Waals surface area contributed by atoms with Crippen molar-refractivity contribution in [1.29, 1.82) is 0 Å². The number of carboxylic acids is 1. The van der Waals surface area contributed by atoms with Gasteiger partial charge in [0.2, 0.25) is 12.2 Å². The number of esters is 2. The predicted molar refractivity (Wildman–Crippen MR) is 127 cm³/mol. The summed E-state index contributed by atoms with van der Waals surface area (Å²) < 4.78 is 20.6. The van der Waals surface area contributed by atoms with Gasteiger partial charge in [-0.3, -0.25) is 4.79 Å². The van der Waals surface area contributed by atoms with Crippen LogP contribution in [0.2, 0.25) is 0 Å². The third kappa shape index (κ3) is 6.60. The standard InChI is InChI=1S/C26H23NO9/c1-33-19-12-6-8-16(14-19)25(31)35-21(23(28)27-18-10-4-3-5-11-18)22(24(29)30)36-26(32)17-9-7-13-20(15-17)34-2/h3-15,21-22H,1-2H3,(H,27,28)(H,29,30)/t21-,22-/m0/s1. The molecule has 186 valence electrons. The number of benzene rings is 3. The van der Waals surface area contributed by atoms with Crippen molar-refractivity contribution in [3.63, 3.8) is 0 Å². The van der Waals surface area contributed by atoms with Crippen molar-refractivity contribution >= 4 is 29.5 Å². The Hall–Kier alpha value is -4.86. The molecule has 3 aromatic rings. The quantitative estimate of drug-likeness (QED) is 0.408. The van der Waals surface area contributed by atoms with Gasteiger partial charge < -0.3 is 29.4 Å². The Balaban J connectivity index is 1.91. The molecule has 3 aromatic carbocycles. The van der Waals surface area contributed by atoms with E-state index >= 15 is 0 Å². The number of amides is 1. The largest absolute Gasteiger partial charge is 0.497 e. The molecule has 0 heterocycles. The highest BCUT2D eigenvalue weighted by Gasteiger charge is 2.41. The summed E-state index contributed by atoms with van der Waals surface area (Å²) in [4.78, 5) is 50.8. The maximum absolute atomic E-state index is 13.1. The number of carbonyl (C=O) groups is 4. The molecular weight excluding hydrogens is 470 g/mol. The van der Waals surface area contributed by atoms with E-state index in [1.165, 1.54) is 50.6 Å². The first-order valence-corrected chi connectivity index (χ1v) is 10.6. The molecule has 0 bridgehead atoms. The van der Waals surface area contributed by atoms with Gasteiger partial charge in [0, 0.05) is 5.69 Å². The number of anilines is 1. The maximum atomic E-state index is 13.1. The highest BCUT2D eigenvalue weighted by Crippen LogP contribution is 2.19. The summed E-state index contributed by atoms with van der Waals surface area (Å²) in [6.07, 6.45) is -4.20. The fourth-order valence-electron chi connectivity index (χ4n) is 3.10. The van der Waals surface area contributed by atoms with Gasteiger partial charge in [0.05, 0.1) is 25.3 Å². The van der Waals surface area contributed by atoms with Crippen LogP contribution in [0.5, 0.6) is 11.5 Å². The summed E-state index contributed by atoms with van der Waals surface area (Å²) in [5.74, 6) is -4.11. The van der Waals surface area contributed by atoms with E-state index in [4.69, 9.17) is 18.9 Å². The molecule has 36 heavy (non-hydrogen) atoms. The molecule has 0 saturated carbocycles. The summed E-state index contributed by atoms with van der Waals surface area (Å²) in [5, 5.41) is 12.3. The smallest absolute Gasteiger partial charge is 0.349 e. The Morgan fingerprint density at radius 3 is 1.67 bits per heavy atom. The van der Waals surface area contributed by atoms with Gasteiger partial charge in [0.25, 0.3) is 5.91 Å². The highest BCUT2D eigenvalue weighted by atomic mass is 16.6. The molecule has 0 radical (unpaired) electrons. The third-order valence-electron chi connectivity index (χ3n) is 4.90. The highest BCUT2D eigenvalue weighted by molar-refractivity contribution is 6.01. The van der Waals surface area contributed by atoms with Gasteiger partial charge in [-0.1, -0.05) is 30.3 Å². The number of methoxy groups -OCH3 is 2. The van der Waals surface area contributed by atoms with E-state index in [-0.39, 0.29) is 11.1 Å². The van der Waals surface area contributed by atoms with E-state index < -0.39 is 36.0 Å². The molecule has 2 N–H and O–H groups in total. The molecule has 2 atom stereocenters. The van der Waals surface area contributed by atoms with Crippen molar-refractivity contribution in [1.82, 2.24) is 0 Å². The minimum atomic E-state index is -2.16. The zero-order chi connectivity index (χ0) is 26.1. The van der Waals surface area contributed by atoms with Crippen molar-refractivity contribution < 1.29 is 43.2 Å². The first kappa shape index (κ1) is 25.8. The number of carbonyl (C=O) groups excluding carboxylic acids is 3. The fourth-order valence-corrected chi connectivity index (χ4v) is 3.10. The molecule has 0 spiro atoms. The number of carboxylic acid groups (broad SMARTS) is 1. The van der Waals surface area contributed by atoms with Crippen molar-refractivity contribution in [3.05, 3.63) is 90.0 Å². The van der Waals surface area contributed by atoms with Crippen LogP contribution in [0.25, 0.3) is 0 Å². The SMILES string of the molecule is COc1cccc(C(=O)O[C@H](C(=O)O)[C@H](OC(=O)c2cccc(OC)c2)C(=O)Nc2ccccc2)c1. The van der Waals surface area contributed by atoms with Crippen molar-refractivity contribution in [2.75, 3.05) is 19.5 Å².